The lowest BCUT2D eigenvalue weighted by atomic mass is 9.76. The normalized spacial score (nSPS) is 23.1. The van der Waals surface area contributed by atoms with Gasteiger partial charge in [0.25, 0.3) is 0 Å². The first-order valence-electron chi connectivity index (χ1n) is 7.55. The van der Waals surface area contributed by atoms with E-state index in [4.69, 9.17) is 0 Å². The summed E-state index contributed by atoms with van der Waals surface area (Å²) in [5.74, 6) is 0.556. The highest BCUT2D eigenvalue weighted by Gasteiger charge is 2.32. The molecule has 1 aromatic carbocycles. The van der Waals surface area contributed by atoms with E-state index in [0.29, 0.717) is 17.0 Å². The van der Waals surface area contributed by atoms with Crippen LogP contribution in [0.25, 0.3) is 0 Å². The molecule has 1 fully saturated rings. The van der Waals surface area contributed by atoms with E-state index in [1.807, 2.05) is 0 Å². The third-order valence-corrected chi connectivity index (χ3v) is 4.55. The highest BCUT2D eigenvalue weighted by molar-refractivity contribution is 5.99. The highest BCUT2D eigenvalue weighted by Crippen LogP contribution is 2.35. The van der Waals surface area contributed by atoms with Crippen LogP contribution in [0.2, 0.25) is 0 Å². The number of carbonyl (C=O) groups is 1. The SMILES string of the molecule is CCC1CCCC(C(=O)c2ccc(C(F)(F)F)cc2C)C1. The van der Waals surface area contributed by atoms with Crippen molar-refractivity contribution in [2.45, 2.75) is 52.1 Å². The average molecular weight is 298 g/mol. The minimum Gasteiger partial charge on any atom is -0.294 e. The molecule has 0 radical (unpaired) electrons. The van der Waals surface area contributed by atoms with Gasteiger partial charge in [-0.1, -0.05) is 32.3 Å². The molecule has 0 saturated heterocycles. The molecule has 4 heteroatoms. The maximum atomic E-state index is 12.7. The Hall–Kier alpha value is -1.32. The summed E-state index contributed by atoms with van der Waals surface area (Å²) in [5.41, 5.74) is 0.185. The van der Waals surface area contributed by atoms with Crippen molar-refractivity contribution in [3.05, 3.63) is 34.9 Å². The number of Topliss-reactive ketones (excluding diaryl/α,β-unsaturated/α-hetero) is 1. The molecule has 1 aliphatic carbocycles. The van der Waals surface area contributed by atoms with Crippen LogP contribution in [0.15, 0.2) is 18.2 Å². The third-order valence-electron chi connectivity index (χ3n) is 4.55. The van der Waals surface area contributed by atoms with Gasteiger partial charge in [-0.2, -0.15) is 13.2 Å². The fraction of sp³-hybridized carbons (Fsp3) is 0.588. The molecule has 0 bridgehead atoms. The van der Waals surface area contributed by atoms with Crippen molar-refractivity contribution in [1.82, 2.24) is 0 Å². The van der Waals surface area contributed by atoms with Gasteiger partial charge in [-0.15, -0.1) is 0 Å². The van der Waals surface area contributed by atoms with Crippen LogP contribution in [0.4, 0.5) is 13.2 Å². The Balaban J connectivity index is 2.20. The molecular formula is C17H21F3O. The molecule has 2 unspecified atom stereocenters. The van der Waals surface area contributed by atoms with Gasteiger partial charge in [-0.05, 0) is 43.4 Å². The summed E-state index contributed by atoms with van der Waals surface area (Å²) in [4.78, 5) is 12.6. The topological polar surface area (TPSA) is 17.1 Å². The fourth-order valence-electron chi connectivity index (χ4n) is 3.24. The van der Waals surface area contributed by atoms with Crippen molar-refractivity contribution < 1.29 is 18.0 Å². The number of rotatable bonds is 3. The first-order valence-corrected chi connectivity index (χ1v) is 7.55. The zero-order valence-electron chi connectivity index (χ0n) is 12.5. The van der Waals surface area contributed by atoms with Crippen LogP contribution in [-0.2, 0) is 6.18 Å². The minimum atomic E-state index is -4.36. The lowest BCUT2D eigenvalue weighted by Gasteiger charge is -2.28. The standard InChI is InChI=1S/C17H21F3O/c1-3-12-5-4-6-13(10-12)16(21)15-8-7-14(9-11(15)2)17(18,19)20/h7-9,12-13H,3-6,10H2,1-2H3. The Kier molecular flexibility index (Phi) is 4.74. The predicted molar refractivity (Wildman–Crippen MR) is 76.3 cm³/mol. The van der Waals surface area contributed by atoms with Gasteiger partial charge >= 0.3 is 6.18 Å². The zero-order valence-corrected chi connectivity index (χ0v) is 12.5. The molecule has 0 N–H and O–H groups in total. The Morgan fingerprint density at radius 2 is 2.00 bits per heavy atom. The first kappa shape index (κ1) is 16.1. The van der Waals surface area contributed by atoms with Gasteiger partial charge in [-0.25, -0.2) is 0 Å². The number of hydrogen-bond acceptors (Lipinski definition) is 1. The van der Waals surface area contributed by atoms with Crippen molar-refractivity contribution in [3.8, 4) is 0 Å². The van der Waals surface area contributed by atoms with Crippen molar-refractivity contribution >= 4 is 5.78 Å². The monoisotopic (exact) mass is 298 g/mol. The molecule has 0 aliphatic heterocycles. The second kappa shape index (κ2) is 6.20. The van der Waals surface area contributed by atoms with Crippen molar-refractivity contribution in [2.24, 2.45) is 11.8 Å². The average Bonchev–Trinajstić information content (AvgIpc) is 2.45. The van der Waals surface area contributed by atoms with Crippen molar-refractivity contribution in [2.75, 3.05) is 0 Å². The second-order valence-electron chi connectivity index (χ2n) is 6.03. The number of halogens is 3. The van der Waals surface area contributed by atoms with E-state index in [2.05, 4.69) is 6.92 Å². The summed E-state index contributed by atoms with van der Waals surface area (Å²) < 4.78 is 38.0. The zero-order chi connectivity index (χ0) is 15.6. The van der Waals surface area contributed by atoms with Crippen LogP contribution in [0.3, 0.4) is 0 Å². The summed E-state index contributed by atoms with van der Waals surface area (Å²) >= 11 is 0. The minimum absolute atomic E-state index is 0.0133. The Morgan fingerprint density at radius 3 is 2.57 bits per heavy atom. The van der Waals surface area contributed by atoms with Gasteiger partial charge in [0.1, 0.15) is 0 Å². The molecule has 1 saturated carbocycles. The lowest BCUT2D eigenvalue weighted by molar-refractivity contribution is -0.137. The van der Waals surface area contributed by atoms with Crippen LogP contribution in [0.5, 0.6) is 0 Å². The number of aryl methyl sites for hydroxylation is 1. The summed E-state index contributed by atoms with van der Waals surface area (Å²) in [6.45, 7) is 3.71. The molecule has 2 atom stereocenters. The lowest BCUT2D eigenvalue weighted by Crippen LogP contribution is -2.23. The second-order valence-corrected chi connectivity index (χ2v) is 6.03. The Bertz CT molecular complexity index is 519. The largest absolute Gasteiger partial charge is 0.416 e. The van der Waals surface area contributed by atoms with Crippen molar-refractivity contribution in [1.29, 1.82) is 0 Å². The van der Waals surface area contributed by atoms with Gasteiger partial charge in [0.05, 0.1) is 5.56 Å². The quantitative estimate of drug-likeness (QED) is 0.682. The van der Waals surface area contributed by atoms with Gasteiger partial charge in [0.2, 0.25) is 0 Å². The molecule has 1 aromatic rings. The highest BCUT2D eigenvalue weighted by atomic mass is 19.4. The van der Waals surface area contributed by atoms with Crippen LogP contribution >= 0.6 is 0 Å². The van der Waals surface area contributed by atoms with Gasteiger partial charge in [0.15, 0.2) is 5.78 Å². The smallest absolute Gasteiger partial charge is 0.294 e. The number of alkyl halides is 3. The van der Waals surface area contributed by atoms with E-state index in [0.717, 1.165) is 44.2 Å². The van der Waals surface area contributed by atoms with Crippen LogP contribution in [0.1, 0.15) is 60.5 Å². The van der Waals surface area contributed by atoms with Gasteiger partial charge in [-0.3, -0.25) is 4.79 Å². The first-order chi connectivity index (χ1) is 9.82. The molecule has 2 rings (SSSR count). The van der Waals surface area contributed by atoms with Crippen LogP contribution in [-0.4, -0.2) is 5.78 Å². The summed E-state index contributed by atoms with van der Waals surface area (Å²) in [6.07, 6.45) is 0.632. The number of hydrogen-bond donors (Lipinski definition) is 0. The molecule has 0 heterocycles. The van der Waals surface area contributed by atoms with E-state index < -0.39 is 11.7 Å². The predicted octanol–water partition coefficient (Wildman–Crippen LogP) is 5.41. The number of ketones is 1. The number of carbonyl (C=O) groups excluding carboxylic acids is 1. The van der Waals surface area contributed by atoms with E-state index in [9.17, 15) is 18.0 Å². The Labute approximate surface area is 123 Å². The molecular weight excluding hydrogens is 277 g/mol. The molecule has 21 heavy (non-hydrogen) atoms. The summed E-state index contributed by atoms with van der Waals surface area (Å²) in [7, 11) is 0. The maximum absolute atomic E-state index is 12.7. The molecule has 1 aliphatic rings. The van der Waals surface area contributed by atoms with Crippen molar-refractivity contribution in [3.63, 3.8) is 0 Å². The summed E-state index contributed by atoms with van der Waals surface area (Å²) in [6, 6.07) is 3.43. The van der Waals surface area contributed by atoms with E-state index in [1.54, 1.807) is 6.92 Å². The summed E-state index contributed by atoms with van der Waals surface area (Å²) in [5, 5.41) is 0. The maximum Gasteiger partial charge on any atom is 0.416 e. The molecule has 1 nitrogen and oxygen atoms in total. The molecule has 116 valence electrons. The van der Waals surface area contributed by atoms with E-state index in [1.165, 1.54) is 6.07 Å². The van der Waals surface area contributed by atoms with Crippen LogP contribution in [0, 0.1) is 18.8 Å². The Morgan fingerprint density at radius 1 is 1.29 bits per heavy atom. The molecule has 0 aromatic heterocycles. The molecule has 0 amide bonds. The number of benzene rings is 1. The third kappa shape index (κ3) is 3.66. The molecule has 0 spiro atoms. The van der Waals surface area contributed by atoms with E-state index in [-0.39, 0.29) is 11.7 Å². The van der Waals surface area contributed by atoms with Crippen LogP contribution < -0.4 is 0 Å². The van der Waals surface area contributed by atoms with E-state index >= 15 is 0 Å². The van der Waals surface area contributed by atoms with Gasteiger partial charge in [0, 0.05) is 11.5 Å². The van der Waals surface area contributed by atoms with Gasteiger partial charge < -0.3 is 0 Å². The fourth-order valence-corrected chi connectivity index (χ4v) is 3.24.